The molecule has 5 heteroatoms. The van der Waals surface area contributed by atoms with E-state index in [0.29, 0.717) is 11.7 Å². The van der Waals surface area contributed by atoms with Gasteiger partial charge in [0.15, 0.2) is 5.11 Å². The lowest BCUT2D eigenvalue weighted by molar-refractivity contribution is 0.428. The molecule has 82 valence electrons. The zero-order valence-electron chi connectivity index (χ0n) is 8.56. The number of thiocarbonyl (C=S) groups is 1. The number of aromatic nitrogens is 1. The Morgan fingerprint density at radius 2 is 2.44 bits per heavy atom. The lowest BCUT2D eigenvalue weighted by atomic mass is 10.2. The van der Waals surface area contributed by atoms with Crippen LogP contribution in [0, 0.1) is 0 Å². The van der Waals surface area contributed by atoms with Gasteiger partial charge in [0.1, 0.15) is 11.8 Å². The molecule has 4 nitrogen and oxygen atoms in total. The van der Waals surface area contributed by atoms with E-state index in [1.54, 1.807) is 12.3 Å². The maximum absolute atomic E-state index is 5.09. The molecule has 0 unspecified atom stereocenters. The van der Waals surface area contributed by atoms with Crippen molar-refractivity contribution in [2.45, 2.75) is 0 Å². The van der Waals surface area contributed by atoms with E-state index >= 15 is 0 Å². The van der Waals surface area contributed by atoms with E-state index in [9.17, 15) is 0 Å². The SMILES string of the molecule is C=CCNC(=S)Nc1ccc2conc2c1. The van der Waals surface area contributed by atoms with E-state index in [-0.39, 0.29) is 0 Å². The first-order valence-electron chi connectivity index (χ1n) is 4.79. The van der Waals surface area contributed by atoms with Crippen molar-refractivity contribution in [3.8, 4) is 0 Å². The molecule has 2 rings (SSSR count). The fourth-order valence-corrected chi connectivity index (χ4v) is 1.48. The molecule has 16 heavy (non-hydrogen) atoms. The van der Waals surface area contributed by atoms with Gasteiger partial charge in [-0.05, 0) is 30.4 Å². The van der Waals surface area contributed by atoms with E-state index in [2.05, 4.69) is 22.4 Å². The second-order valence-electron chi connectivity index (χ2n) is 3.21. The molecule has 0 spiro atoms. The quantitative estimate of drug-likeness (QED) is 0.629. The average molecular weight is 233 g/mol. The molecular weight excluding hydrogens is 222 g/mol. The normalized spacial score (nSPS) is 10.0. The van der Waals surface area contributed by atoms with E-state index in [1.807, 2.05) is 18.2 Å². The summed E-state index contributed by atoms with van der Waals surface area (Å²) in [5.74, 6) is 0. The van der Waals surface area contributed by atoms with Crippen molar-refractivity contribution in [3.63, 3.8) is 0 Å². The van der Waals surface area contributed by atoms with Gasteiger partial charge < -0.3 is 15.2 Å². The molecule has 0 amide bonds. The Morgan fingerprint density at radius 3 is 3.25 bits per heavy atom. The molecule has 0 bridgehead atoms. The summed E-state index contributed by atoms with van der Waals surface area (Å²) in [4.78, 5) is 0. The van der Waals surface area contributed by atoms with Crippen molar-refractivity contribution in [2.24, 2.45) is 0 Å². The minimum Gasteiger partial charge on any atom is -0.364 e. The van der Waals surface area contributed by atoms with Crippen LogP contribution in [0.5, 0.6) is 0 Å². The van der Waals surface area contributed by atoms with Crippen LogP contribution in [0.3, 0.4) is 0 Å². The Hall–Kier alpha value is -1.88. The second-order valence-corrected chi connectivity index (χ2v) is 3.62. The van der Waals surface area contributed by atoms with Crippen molar-refractivity contribution < 1.29 is 4.52 Å². The third-order valence-electron chi connectivity index (χ3n) is 2.03. The molecule has 0 atom stereocenters. The van der Waals surface area contributed by atoms with Gasteiger partial charge in [-0.2, -0.15) is 0 Å². The van der Waals surface area contributed by atoms with E-state index in [4.69, 9.17) is 16.7 Å². The van der Waals surface area contributed by atoms with Gasteiger partial charge in [0.2, 0.25) is 0 Å². The van der Waals surface area contributed by atoms with Gasteiger partial charge in [0.25, 0.3) is 0 Å². The first-order valence-corrected chi connectivity index (χ1v) is 5.20. The Morgan fingerprint density at radius 1 is 1.56 bits per heavy atom. The first kappa shape index (κ1) is 10.6. The van der Waals surface area contributed by atoms with Crippen molar-refractivity contribution >= 4 is 33.9 Å². The van der Waals surface area contributed by atoms with Crippen LogP contribution in [0.25, 0.3) is 10.9 Å². The summed E-state index contributed by atoms with van der Waals surface area (Å²) >= 11 is 5.09. The topological polar surface area (TPSA) is 50.1 Å². The van der Waals surface area contributed by atoms with Gasteiger partial charge in [0.05, 0.1) is 0 Å². The van der Waals surface area contributed by atoms with Crippen molar-refractivity contribution in [2.75, 3.05) is 11.9 Å². The number of hydrogen-bond donors (Lipinski definition) is 2. The van der Waals surface area contributed by atoms with E-state index in [1.165, 1.54) is 0 Å². The number of fused-ring (bicyclic) bond motifs is 1. The minimum absolute atomic E-state index is 0.558. The van der Waals surface area contributed by atoms with Crippen LogP contribution in [0.1, 0.15) is 0 Å². The van der Waals surface area contributed by atoms with Crippen LogP contribution in [-0.2, 0) is 0 Å². The average Bonchev–Trinajstić information content (AvgIpc) is 2.73. The summed E-state index contributed by atoms with van der Waals surface area (Å²) in [6.07, 6.45) is 3.35. The van der Waals surface area contributed by atoms with Crippen molar-refractivity contribution in [3.05, 3.63) is 37.1 Å². The molecule has 0 fully saturated rings. The highest BCUT2D eigenvalue weighted by molar-refractivity contribution is 7.80. The van der Waals surface area contributed by atoms with Gasteiger partial charge in [-0.15, -0.1) is 6.58 Å². The predicted octanol–water partition coefficient (Wildman–Crippen LogP) is 2.30. The highest BCUT2D eigenvalue weighted by Crippen LogP contribution is 2.17. The number of nitrogens with zero attached hydrogens (tertiary/aromatic N) is 1. The highest BCUT2D eigenvalue weighted by Gasteiger charge is 2.01. The van der Waals surface area contributed by atoms with Gasteiger partial charge >= 0.3 is 0 Å². The van der Waals surface area contributed by atoms with Crippen molar-refractivity contribution in [1.29, 1.82) is 0 Å². The van der Waals surface area contributed by atoms with E-state index < -0.39 is 0 Å². The maximum Gasteiger partial charge on any atom is 0.171 e. The van der Waals surface area contributed by atoms with Crippen LogP contribution in [-0.4, -0.2) is 16.8 Å². The third kappa shape index (κ3) is 2.38. The number of benzene rings is 1. The molecule has 0 saturated carbocycles. The maximum atomic E-state index is 5.09. The first-order chi connectivity index (χ1) is 7.79. The number of hydrogen-bond acceptors (Lipinski definition) is 3. The van der Waals surface area contributed by atoms with Gasteiger partial charge in [-0.25, -0.2) is 0 Å². The van der Waals surface area contributed by atoms with Gasteiger partial charge in [-0.3, -0.25) is 0 Å². The fourth-order valence-electron chi connectivity index (χ4n) is 1.28. The van der Waals surface area contributed by atoms with Crippen LogP contribution in [0.4, 0.5) is 5.69 Å². The monoisotopic (exact) mass is 233 g/mol. The molecule has 1 aromatic heterocycles. The summed E-state index contributed by atoms with van der Waals surface area (Å²) in [6, 6.07) is 5.71. The molecule has 2 aromatic rings. The second kappa shape index (κ2) is 4.76. The lowest BCUT2D eigenvalue weighted by Gasteiger charge is -2.08. The number of rotatable bonds is 3. The Bertz CT molecular complexity index is 521. The molecule has 0 aliphatic heterocycles. The molecule has 2 N–H and O–H groups in total. The van der Waals surface area contributed by atoms with Crippen LogP contribution >= 0.6 is 12.2 Å². The Kier molecular flexibility index (Phi) is 3.16. The summed E-state index contributed by atoms with van der Waals surface area (Å²) in [7, 11) is 0. The summed E-state index contributed by atoms with van der Waals surface area (Å²) in [5.41, 5.74) is 1.68. The lowest BCUT2D eigenvalue weighted by Crippen LogP contribution is -2.28. The molecule has 1 aromatic carbocycles. The minimum atomic E-state index is 0.558. The molecule has 0 radical (unpaired) electrons. The van der Waals surface area contributed by atoms with E-state index in [0.717, 1.165) is 16.6 Å². The molecule has 1 heterocycles. The zero-order chi connectivity index (χ0) is 11.4. The van der Waals surface area contributed by atoms with Gasteiger partial charge in [0, 0.05) is 17.6 Å². The predicted molar refractivity (Wildman–Crippen MR) is 68.4 cm³/mol. The zero-order valence-corrected chi connectivity index (χ0v) is 9.38. The highest BCUT2D eigenvalue weighted by atomic mass is 32.1. The Labute approximate surface area is 98.3 Å². The molecular formula is C11H11N3OS. The largest absolute Gasteiger partial charge is 0.364 e. The molecule has 0 aliphatic rings. The van der Waals surface area contributed by atoms with Crippen LogP contribution in [0.15, 0.2) is 41.6 Å². The van der Waals surface area contributed by atoms with Crippen molar-refractivity contribution in [1.82, 2.24) is 10.5 Å². The standard InChI is InChI=1S/C11H11N3OS/c1-2-5-12-11(16)13-9-4-3-8-7-15-14-10(8)6-9/h2-4,6-7H,1,5H2,(H2,12,13,16). The number of nitrogens with one attached hydrogen (secondary N) is 2. The Balaban J connectivity index is 2.08. The number of anilines is 1. The van der Waals surface area contributed by atoms with Gasteiger partial charge in [-0.1, -0.05) is 11.2 Å². The molecule has 0 aliphatic carbocycles. The third-order valence-corrected chi connectivity index (χ3v) is 2.27. The van der Waals surface area contributed by atoms with Crippen LogP contribution in [0.2, 0.25) is 0 Å². The summed E-state index contributed by atoms with van der Waals surface area (Å²) in [5, 5.41) is 11.4. The smallest absolute Gasteiger partial charge is 0.171 e. The molecule has 0 saturated heterocycles. The van der Waals surface area contributed by atoms with Crippen LogP contribution < -0.4 is 10.6 Å². The summed E-state index contributed by atoms with van der Waals surface area (Å²) < 4.78 is 4.85. The summed E-state index contributed by atoms with van der Waals surface area (Å²) in [6.45, 7) is 4.24. The fraction of sp³-hybridized carbons (Fsp3) is 0.0909.